The Labute approximate surface area is 96.1 Å². The lowest BCUT2D eigenvalue weighted by Crippen LogP contribution is -1.94. The Morgan fingerprint density at radius 2 is 2.36 bits per heavy atom. The van der Waals surface area contributed by atoms with Crippen molar-refractivity contribution in [3.63, 3.8) is 0 Å². The molecule has 1 nitrogen and oxygen atoms in total. The number of nitrogens with zero attached hydrogens (tertiary/aromatic N) is 1. The van der Waals surface area contributed by atoms with Crippen LogP contribution >= 0.6 is 27.5 Å². The van der Waals surface area contributed by atoms with Crippen molar-refractivity contribution in [2.24, 2.45) is 0 Å². The zero-order chi connectivity index (χ0) is 10.6. The van der Waals surface area contributed by atoms with Gasteiger partial charge in [0.25, 0.3) is 0 Å². The molecule has 0 atom stereocenters. The van der Waals surface area contributed by atoms with Crippen LogP contribution in [0.25, 0.3) is 0 Å². The minimum absolute atomic E-state index is 0.370. The summed E-state index contributed by atoms with van der Waals surface area (Å²) in [6.07, 6.45) is 5.70. The molecule has 0 aliphatic rings. The van der Waals surface area contributed by atoms with Crippen LogP contribution in [0.2, 0.25) is 5.02 Å². The molecule has 0 aliphatic carbocycles. The SMILES string of the molecule is C=CCCCc1c(Cl)cnc(F)c1Br. The van der Waals surface area contributed by atoms with Gasteiger partial charge in [0.1, 0.15) is 0 Å². The van der Waals surface area contributed by atoms with E-state index in [4.69, 9.17) is 11.6 Å². The lowest BCUT2D eigenvalue weighted by atomic mass is 10.1. The molecule has 1 rings (SSSR count). The number of hydrogen-bond donors (Lipinski definition) is 0. The summed E-state index contributed by atoms with van der Waals surface area (Å²) in [4.78, 5) is 3.50. The second-order valence-corrected chi connectivity index (χ2v) is 4.07. The van der Waals surface area contributed by atoms with E-state index in [0.29, 0.717) is 9.50 Å². The van der Waals surface area contributed by atoms with E-state index >= 15 is 0 Å². The molecule has 0 aliphatic heterocycles. The van der Waals surface area contributed by atoms with Crippen molar-refractivity contribution in [1.82, 2.24) is 4.98 Å². The zero-order valence-electron chi connectivity index (χ0n) is 7.56. The minimum atomic E-state index is -0.511. The number of aromatic nitrogens is 1. The van der Waals surface area contributed by atoms with E-state index in [-0.39, 0.29) is 0 Å². The summed E-state index contributed by atoms with van der Waals surface area (Å²) in [5.74, 6) is -0.511. The van der Waals surface area contributed by atoms with Gasteiger partial charge in [0.2, 0.25) is 5.95 Å². The molecule has 76 valence electrons. The summed E-state index contributed by atoms with van der Waals surface area (Å²) >= 11 is 9.03. The fourth-order valence-corrected chi connectivity index (χ4v) is 2.00. The van der Waals surface area contributed by atoms with Gasteiger partial charge in [-0.05, 0) is 40.8 Å². The molecule has 1 aromatic heterocycles. The van der Waals surface area contributed by atoms with E-state index in [2.05, 4.69) is 27.5 Å². The molecule has 0 bridgehead atoms. The topological polar surface area (TPSA) is 12.9 Å². The van der Waals surface area contributed by atoms with Crippen LogP contribution in [0.5, 0.6) is 0 Å². The average Bonchev–Trinajstić information content (AvgIpc) is 2.18. The van der Waals surface area contributed by atoms with Crippen molar-refractivity contribution in [3.05, 3.63) is 39.9 Å². The molecular weight excluding hydrogens is 268 g/mol. The first kappa shape index (κ1) is 11.7. The molecule has 0 fully saturated rings. The first-order valence-corrected chi connectivity index (χ1v) is 5.43. The lowest BCUT2D eigenvalue weighted by Gasteiger charge is -2.05. The monoisotopic (exact) mass is 277 g/mol. The Morgan fingerprint density at radius 1 is 1.64 bits per heavy atom. The molecule has 0 saturated carbocycles. The van der Waals surface area contributed by atoms with Gasteiger partial charge in [-0.1, -0.05) is 17.7 Å². The predicted octanol–water partition coefficient (Wildman–Crippen LogP) is 4.15. The lowest BCUT2D eigenvalue weighted by molar-refractivity contribution is 0.573. The summed E-state index contributed by atoms with van der Waals surface area (Å²) in [6.45, 7) is 3.62. The molecule has 0 N–H and O–H groups in total. The van der Waals surface area contributed by atoms with E-state index in [1.54, 1.807) is 0 Å². The van der Waals surface area contributed by atoms with Crippen LogP contribution in [0.15, 0.2) is 23.3 Å². The number of allylic oxidation sites excluding steroid dienone is 1. The predicted molar refractivity (Wildman–Crippen MR) is 60.0 cm³/mol. The highest BCUT2D eigenvalue weighted by Gasteiger charge is 2.10. The highest BCUT2D eigenvalue weighted by atomic mass is 79.9. The first-order valence-electron chi connectivity index (χ1n) is 4.26. The van der Waals surface area contributed by atoms with E-state index in [1.165, 1.54) is 6.20 Å². The molecule has 0 saturated heterocycles. The highest BCUT2D eigenvalue weighted by molar-refractivity contribution is 9.10. The molecule has 0 aromatic carbocycles. The molecule has 0 radical (unpaired) electrons. The largest absolute Gasteiger partial charge is 0.227 e. The van der Waals surface area contributed by atoms with E-state index in [0.717, 1.165) is 24.8 Å². The van der Waals surface area contributed by atoms with Crippen molar-refractivity contribution in [3.8, 4) is 0 Å². The smallest absolute Gasteiger partial charge is 0.226 e. The fraction of sp³-hybridized carbons (Fsp3) is 0.300. The van der Waals surface area contributed by atoms with Crippen LogP contribution in [-0.4, -0.2) is 4.98 Å². The maximum atomic E-state index is 13.0. The Morgan fingerprint density at radius 3 is 3.00 bits per heavy atom. The van der Waals surface area contributed by atoms with Crippen LogP contribution in [0, 0.1) is 5.95 Å². The van der Waals surface area contributed by atoms with E-state index < -0.39 is 5.95 Å². The van der Waals surface area contributed by atoms with Crippen LogP contribution in [0.1, 0.15) is 18.4 Å². The van der Waals surface area contributed by atoms with Crippen molar-refractivity contribution < 1.29 is 4.39 Å². The summed E-state index contributed by atoms with van der Waals surface area (Å²) in [7, 11) is 0. The van der Waals surface area contributed by atoms with Crippen LogP contribution in [-0.2, 0) is 6.42 Å². The third kappa shape index (κ3) is 2.79. The number of halogens is 3. The van der Waals surface area contributed by atoms with Gasteiger partial charge in [0, 0.05) is 6.20 Å². The number of unbranched alkanes of at least 4 members (excludes halogenated alkanes) is 1. The van der Waals surface area contributed by atoms with Crippen molar-refractivity contribution in [2.45, 2.75) is 19.3 Å². The summed E-state index contributed by atoms with van der Waals surface area (Å²) in [5, 5.41) is 0.502. The molecule has 0 unspecified atom stereocenters. The van der Waals surface area contributed by atoms with Gasteiger partial charge in [-0.2, -0.15) is 4.39 Å². The molecule has 1 aromatic rings. The normalized spacial score (nSPS) is 10.2. The molecular formula is C10H10BrClFN. The molecule has 0 amide bonds. The molecule has 14 heavy (non-hydrogen) atoms. The minimum Gasteiger partial charge on any atom is -0.226 e. The number of rotatable bonds is 4. The number of hydrogen-bond acceptors (Lipinski definition) is 1. The average molecular weight is 279 g/mol. The summed E-state index contributed by atoms with van der Waals surface area (Å²) < 4.78 is 13.4. The maximum Gasteiger partial charge on any atom is 0.227 e. The number of pyridine rings is 1. The fourth-order valence-electron chi connectivity index (χ4n) is 1.13. The van der Waals surface area contributed by atoms with Gasteiger partial charge in [-0.3, -0.25) is 0 Å². The van der Waals surface area contributed by atoms with Gasteiger partial charge in [0.15, 0.2) is 0 Å². The van der Waals surface area contributed by atoms with Gasteiger partial charge in [-0.25, -0.2) is 4.98 Å². The summed E-state index contributed by atoms with van der Waals surface area (Å²) in [6, 6.07) is 0. The summed E-state index contributed by atoms with van der Waals surface area (Å²) in [5.41, 5.74) is 0.779. The van der Waals surface area contributed by atoms with Crippen molar-refractivity contribution in [2.75, 3.05) is 0 Å². The third-order valence-corrected chi connectivity index (χ3v) is 2.99. The molecule has 1 heterocycles. The Balaban J connectivity index is 2.83. The Bertz CT molecular complexity index is 341. The third-order valence-electron chi connectivity index (χ3n) is 1.86. The van der Waals surface area contributed by atoms with Crippen LogP contribution in [0.4, 0.5) is 4.39 Å². The van der Waals surface area contributed by atoms with Gasteiger partial charge < -0.3 is 0 Å². The van der Waals surface area contributed by atoms with Gasteiger partial charge >= 0.3 is 0 Å². The van der Waals surface area contributed by atoms with Crippen LogP contribution in [0.3, 0.4) is 0 Å². The zero-order valence-corrected chi connectivity index (χ0v) is 9.91. The van der Waals surface area contributed by atoms with E-state index in [1.807, 2.05) is 6.08 Å². The second kappa shape index (κ2) is 5.47. The standard InChI is InChI=1S/C10H10BrClFN/c1-2-3-4-5-7-8(12)6-14-10(13)9(7)11/h2,6H,1,3-5H2. The second-order valence-electron chi connectivity index (χ2n) is 2.87. The first-order chi connectivity index (χ1) is 6.66. The van der Waals surface area contributed by atoms with Crippen molar-refractivity contribution in [1.29, 1.82) is 0 Å². The Kier molecular flexibility index (Phi) is 4.55. The molecule has 4 heteroatoms. The highest BCUT2D eigenvalue weighted by Crippen LogP contribution is 2.27. The van der Waals surface area contributed by atoms with Gasteiger partial charge in [0.05, 0.1) is 9.50 Å². The quantitative estimate of drug-likeness (QED) is 0.458. The van der Waals surface area contributed by atoms with Crippen LogP contribution < -0.4 is 0 Å². The molecule has 0 spiro atoms. The van der Waals surface area contributed by atoms with Crippen molar-refractivity contribution >= 4 is 27.5 Å². The Hall–Kier alpha value is -0.410. The van der Waals surface area contributed by atoms with Gasteiger partial charge in [-0.15, -0.1) is 6.58 Å². The van der Waals surface area contributed by atoms with E-state index in [9.17, 15) is 4.39 Å². The maximum absolute atomic E-state index is 13.0.